The lowest BCUT2D eigenvalue weighted by molar-refractivity contribution is -0.217. The zero-order valence-corrected chi connectivity index (χ0v) is 22.2. The van der Waals surface area contributed by atoms with Gasteiger partial charge in [-0.25, -0.2) is 0 Å². The molecule has 5 rings (SSSR count). The Morgan fingerprint density at radius 2 is 2.03 bits per heavy atom. The molecule has 2 fully saturated rings. The molecule has 8 nitrogen and oxygen atoms in total. The van der Waals surface area contributed by atoms with Crippen molar-refractivity contribution in [3.8, 4) is 5.75 Å². The van der Waals surface area contributed by atoms with Gasteiger partial charge in [-0.3, -0.25) is 14.5 Å². The summed E-state index contributed by atoms with van der Waals surface area (Å²) in [4.78, 5) is 29.9. The van der Waals surface area contributed by atoms with Gasteiger partial charge in [-0.1, -0.05) is 39.0 Å². The third kappa shape index (κ3) is 3.13. The molecule has 1 saturated heterocycles. The quantitative estimate of drug-likeness (QED) is 0.460. The second-order valence-corrected chi connectivity index (χ2v) is 11.3. The number of benzene rings is 1. The van der Waals surface area contributed by atoms with Crippen LogP contribution in [0.1, 0.15) is 46.1 Å². The average molecular weight is 498 g/mol. The van der Waals surface area contributed by atoms with Crippen LogP contribution in [0.5, 0.6) is 5.75 Å². The molecule has 0 bridgehead atoms. The molecule has 196 valence electrons. The van der Waals surface area contributed by atoms with Crippen molar-refractivity contribution in [1.29, 1.82) is 0 Å². The molecule has 0 aromatic heterocycles. The van der Waals surface area contributed by atoms with E-state index in [0.29, 0.717) is 6.42 Å². The maximum Gasteiger partial charge on any atom is 0.303 e. The van der Waals surface area contributed by atoms with Crippen molar-refractivity contribution in [3.63, 3.8) is 0 Å². The highest BCUT2D eigenvalue weighted by Crippen LogP contribution is 2.67. The summed E-state index contributed by atoms with van der Waals surface area (Å²) in [5.41, 5.74) is -0.368. The first-order valence-corrected chi connectivity index (χ1v) is 13.1. The highest BCUT2D eigenvalue weighted by molar-refractivity contribution is 5.78. The van der Waals surface area contributed by atoms with Crippen LogP contribution < -0.4 is 15.0 Å². The Morgan fingerprint density at radius 3 is 2.67 bits per heavy atom. The zero-order chi connectivity index (χ0) is 26.0. The van der Waals surface area contributed by atoms with Crippen LogP contribution in [-0.4, -0.2) is 79.5 Å². The number of anilines is 1. The third-order valence-electron chi connectivity index (χ3n) is 9.29. The SMILES string of the molecule is CC[C@]12C=CCN3CC[C@@]4(c5ccc(OC)cc5N(C)[C@H]4C(O)(CNC(=O)C(C)C)[C@@H]1OC(C)=O)C32. The van der Waals surface area contributed by atoms with Crippen LogP contribution in [-0.2, 0) is 19.7 Å². The molecular formula is C28H39N3O5. The van der Waals surface area contributed by atoms with Crippen LogP contribution in [0.2, 0.25) is 0 Å². The molecule has 36 heavy (non-hydrogen) atoms. The number of likely N-dealkylation sites (N-methyl/N-ethyl adjacent to an activating group) is 1. The molecule has 2 unspecified atom stereocenters. The van der Waals surface area contributed by atoms with Gasteiger partial charge in [0.15, 0.2) is 0 Å². The minimum Gasteiger partial charge on any atom is -0.497 e. The van der Waals surface area contributed by atoms with E-state index in [2.05, 4.69) is 40.3 Å². The van der Waals surface area contributed by atoms with Gasteiger partial charge in [0, 0.05) is 55.1 Å². The van der Waals surface area contributed by atoms with E-state index >= 15 is 0 Å². The van der Waals surface area contributed by atoms with E-state index in [1.54, 1.807) is 7.11 Å². The molecule has 8 heteroatoms. The lowest BCUT2D eigenvalue weighted by Crippen LogP contribution is -2.81. The number of amides is 1. The highest BCUT2D eigenvalue weighted by atomic mass is 16.6. The summed E-state index contributed by atoms with van der Waals surface area (Å²) in [6, 6.07) is 5.80. The number of methoxy groups -OCH3 is 1. The van der Waals surface area contributed by atoms with Crippen LogP contribution in [0.4, 0.5) is 5.69 Å². The molecule has 1 aromatic carbocycles. The van der Waals surface area contributed by atoms with E-state index < -0.39 is 34.5 Å². The molecule has 2 N–H and O–H groups in total. The Morgan fingerprint density at radius 1 is 1.28 bits per heavy atom. The van der Waals surface area contributed by atoms with Gasteiger partial charge in [-0.05, 0) is 31.0 Å². The molecule has 4 aliphatic rings. The predicted molar refractivity (Wildman–Crippen MR) is 137 cm³/mol. The monoisotopic (exact) mass is 497 g/mol. The van der Waals surface area contributed by atoms with E-state index in [4.69, 9.17) is 9.47 Å². The van der Waals surface area contributed by atoms with Crippen LogP contribution in [0, 0.1) is 11.3 Å². The Balaban J connectivity index is 1.77. The Labute approximate surface area is 213 Å². The molecule has 1 saturated carbocycles. The molecule has 0 radical (unpaired) electrons. The largest absolute Gasteiger partial charge is 0.497 e. The Hall–Kier alpha value is -2.58. The second kappa shape index (κ2) is 8.48. The van der Waals surface area contributed by atoms with Gasteiger partial charge in [0.2, 0.25) is 5.91 Å². The molecule has 1 spiro atoms. The number of hydrogen-bond donors (Lipinski definition) is 2. The number of nitrogens with one attached hydrogen (secondary N) is 1. The fourth-order valence-corrected chi connectivity index (χ4v) is 8.08. The second-order valence-electron chi connectivity index (χ2n) is 11.3. The summed E-state index contributed by atoms with van der Waals surface area (Å²) in [5, 5.41) is 15.9. The minimum absolute atomic E-state index is 0.00779. The van der Waals surface area contributed by atoms with E-state index in [1.807, 2.05) is 33.0 Å². The van der Waals surface area contributed by atoms with E-state index in [0.717, 1.165) is 30.9 Å². The third-order valence-corrected chi connectivity index (χ3v) is 9.29. The average Bonchev–Trinajstić information content (AvgIpc) is 3.36. The number of ether oxygens (including phenoxy) is 2. The van der Waals surface area contributed by atoms with Gasteiger partial charge >= 0.3 is 5.97 Å². The highest BCUT2D eigenvalue weighted by Gasteiger charge is 2.77. The van der Waals surface area contributed by atoms with E-state index in [-0.39, 0.29) is 24.4 Å². The molecule has 3 aliphatic heterocycles. The van der Waals surface area contributed by atoms with E-state index in [9.17, 15) is 14.7 Å². The molecule has 1 aliphatic carbocycles. The summed E-state index contributed by atoms with van der Waals surface area (Å²) in [6.07, 6.45) is 5.05. The van der Waals surface area contributed by atoms with Gasteiger partial charge in [0.05, 0.1) is 19.7 Å². The van der Waals surface area contributed by atoms with Gasteiger partial charge in [-0.15, -0.1) is 0 Å². The number of carbonyl (C=O) groups is 2. The van der Waals surface area contributed by atoms with Crippen molar-refractivity contribution in [2.45, 2.75) is 69.7 Å². The topological polar surface area (TPSA) is 91.3 Å². The van der Waals surface area contributed by atoms with Gasteiger partial charge in [0.1, 0.15) is 17.5 Å². The molecule has 1 aromatic rings. The summed E-state index contributed by atoms with van der Waals surface area (Å²) < 4.78 is 11.7. The van der Waals surface area contributed by atoms with Gasteiger partial charge in [0.25, 0.3) is 0 Å². The smallest absolute Gasteiger partial charge is 0.303 e. The van der Waals surface area contributed by atoms with Crippen molar-refractivity contribution in [1.82, 2.24) is 10.2 Å². The standard InChI is InChI=1S/C28H39N3O5/c1-7-26-11-8-13-31-14-12-27(23(26)31)20-10-9-19(35-6)15-21(20)30(5)24(27)28(34,25(26)36-18(4)32)16-29-22(33)17(2)3/h8-11,15,17,23-25,34H,7,12-14,16H2,1-6H3,(H,29,33)/t23?,24-,25-,26-,27-,28?/m1/s1. The summed E-state index contributed by atoms with van der Waals surface area (Å²) in [7, 11) is 3.65. The lowest BCUT2D eigenvalue weighted by Gasteiger charge is -2.64. The normalized spacial score (nSPS) is 36.3. The number of fused-ring (bicyclic) bond motifs is 1. The van der Waals surface area contributed by atoms with Crippen molar-refractivity contribution in [3.05, 3.63) is 35.9 Å². The number of nitrogens with zero attached hydrogens (tertiary/aromatic N) is 2. The zero-order valence-electron chi connectivity index (χ0n) is 22.2. The number of esters is 1. The van der Waals surface area contributed by atoms with Crippen molar-refractivity contribution in [2.75, 3.05) is 38.7 Å². The fraction of sp³-hybridized carbons (Fsp3) is 0.643. The first kappa shape index (κ1) is 25.1. The number of rotatable bonds is 6. The predicted octanol–water partition coefficient (Wildman–Crippen LogP) is 2.24. The minimum atomic E-state index is -1.54. The molecule has 3 heterocycles. The van der Waals surface area contributed by atoms with Crippen LogP contribution in [0.25, 0.3) is 0 Å². The molecule has 1 amide bonds. The first-order chi connectivity index (χ1) is 17.1. The fourth-order valence-electron chi connectivity index (χ4n) is 8.08. The summed E-state index contributed by atoms with van der Waals surface area (Å²) >= 11 is 0. The van der Waals surface area contributed by atoms with Gasteiger partial charge < -0.3 is 24.8 Å². The molecular weight excluding hydrogens is 458 g/mol. The maximum absolute atomic E-state index is 12.9. The van der Waals surface area contributed by atoms with Gasteiger partial charge in [-0.2, -0.15) is 0 Å². The van der Waals surface area contributed by atoms with Crippen molar-refractivity contribution in [2.24, 2.45) is 11.3 Å². The summed E-state index contributed by atoms with van der Waals surface area (Å²) in [5.74, 6) is -0.0504. The van der Waals surface area contributed by atoms with Crippen molar-refractivity contribution >= 4 is 17.6 Å². The van der Waals surface area contributed by atoms with Crippen molar-refractivity contribution < 1.29 is 24.2 Å². The lowest BCUT2D eigenvalue weighted by atomic mass is 9.47. The number of aliphatic hydroxyl groups is 1. The Bertz CT molecular complexity index is 1100. The first-order valence-electron chi connectivity index (χ1n) is 13.1. The molecule has 6 atom stereocenters. The van der Waals surface area contributed by atoms with Crippen LogP contribution in [0.3, 0.4) is 0 Å². The summed E-state index contributed by atoms with van der Waals surface area (Å²) in [6.45, 7) is 8.87. The van der Waals surface area contributed by atoms with Crippen LogP contribution in [0.15, 0.2) is 30.4 Å². The Kier molecular flexibility index (Phi) is 5.91. The van der Waals surface area contributed by atoms with E-state index in [1.165, 1.54) is 12.5 Å². The number of carbonyl (C=O) groups excluding carboxylic acids is 2. The number of hydrogen-bond acceptors (Lipinski definition) is 7. The van der Waals surface area contributed by atoms with Crippen LogP contribution >= 0.6 is 0 Å². The maximum atomic E-state index is 12.9.